The third-order valence-electron chi connectivity index (χ3n) is 6.48. The fourth-order valence-electron chi connectivity index (χ4n) is 4.60. The predicted molar refractivity (Wildman–Crippen MR) is 125 cm³/mol. The molecule has 2 aliphatic heterocycles. The average molecular weight is 456 g/mol. The third-order valence-corrected chi connectivity index (χ3v) is 8.36. The minimum Gasteiger partial charge on any atom is -0.352 e. The van der Waals surface area contributed by atoms with Gasteiger partial charge in [-0.15, -0.1) is 0 Å². The second-order valence-electron chi connectivity index (χ2n) is 9.04. The number of nitrogens with zero attached hydrogens (tertiary/aromatic N) is 2. The van der Waals surface area contributed by atoms with Gasteiger partial charge in [0.05, 0.1) is 10.8 Å². The highest BCUT2D eigenvalue weighted by molar-refractivity contribution is 7.89. The maximum Gasteiger partial charge on any atom is 0.243 e. The van der Waals surface area contributed by atoms with Crippen LogP contribution in [-0.4, -0.2) is 49.7 Å². The van der Waals surface area contributed by atoms with Crippen LogP contribution in [0.15, 0.2) is 53.4 Å². The molecule has 1 amide bonds. The Morgan fingerprint density at radius 3 is 2.47 bits per heavy atom. The molecule has 0 aliphatic carbocycles. The van der Waals surface area contributed by atoms with Gasteiger partial charge in [-0.05, 0) is 69.0 Å². The molecule has 32 heavy (non-hydrogen) atoms. The lowest BCUT2D eigenvalue weighted by atomic mass is 9.98. The summed E-state index contributed by atoms with van der Waals surface area (Å²) in [5.41, 5.74) is 3.37. The first-order valence-corrected chi connectivity index (χ1v) is 13.0. The molecule has 2 aromatic carbocycles. The van der Waals surface area contributed by atoms with E-state index in [9.17, 15) is 13.2 Å². The Labute approximate surface area is 191 Å². The normalized spacial score (nSPS) is 20.3. The van der Waals surface area contributed by atoms with Crippen LogP contribution in [0, 0.1) is 12.8 Å². The Balaban J connectivity index is 1.34. The highest BCUT2D eigenvalue weighted by Gasteiger charge is 2.33. The standard InChI is InChI=1S/C25H33N3O3S/c1-20-9-11-24(12-10-20)32(30,31)28-15-5-8-23(19-28)25(29)26-17-21-6-4-7-22(16-21)18-27-13-2-3-14-27/h4,6-7,9-12,16,23H,2-3,5,8,13-15,17-19H2,1H3,(H,26,29). The van der Waals surface area contributed by atoms with E-state index in [0.29, 0.717) is 30.8 Å². The molecule has 1 N–H and O–H groups in total. The molecule has 0 saturated carbocycles. The number of amides is 1. The van der Waals surface area contributed by atoms with Gasteiger partial charge in [-0.1, -0.05) is 42.0 Å². The van der Waals surface area contributed by atoms with Crippen molar-refractivity contribution < 1.29 is 13.2 Å². The van der Waals surface area contributed by atoms with Gasteiger partial charge in [0, 0.05) is 26.2 Å². The molecule has 6 nitrogen and oxygen atoms in total. The highest BCUT2D eigenvalue weighted by atomic mass is 32.2. The zero-order valence-electron chi connectivity index (χ0n) is 18.8. The largest absolute Gasteiger partial charge is 0.352 e. The van der Waals surface area contributed by atoms with Crippen molar-refractivity contribution in [2.24, 2.45) is 5.92 Å². The SMILES string of the molecule is Cc1ccc(S(=O)(=O)N2CCCC(C(=O)NCc3cccc(CN4CCCC4)c3)C2)cc1. The number of sulfonamides is 1. The number of likely N-dealkylation sites (tertiary alicyclic amines) is 1. The van der Waals surface area contributed by atoms with Crippen LogP contribution in [0.4, 0.5) is 0 Å². The summed E-state index contributed by atoms with van der Waals surface area (Å²) in [6, 6.07) is 15.3. The molecule has 2 heterocycles. The summed E-state index contributed by atoms with van der Waals surface area (Å²) < 4.78 is 27.5. The number of carbonyl (C=O) groups excluding carboxylic acids is 1. The van der Waals surface area contributed by atoms with Crippen LogP contribution in [0.5, 0.6) is 0 Å². The average Bonchev–Trinajstić information content (AvgIpc) is 3.31. The summed E-state index contributed by atoms with van der Waals surface area (Å²) in [7, 11) is -3.58. The summed E-state index contributed by atoms with van der Waals surface area (Å²) in [4.78, 5) is 15.6. The fraction of sp³-hybridized carbons (Fsp3) is 0.480. The van der Waals surface area contributed by atoms with E-state index in [1.54, 1.807) is 24.3 Å². The van der Waals surface area contributed by atoms with Gasteiger partial charge < -0.3 is 5.32 Å². The summed E-state index contributed by atoms with van der Waals surface area (Å²) >= 11 is 0. The van der Waals surface area contributed by atoms with Crippen LogP contribution in [0.2, 0.25) is 0 Å². The molecule has 0 bridgehead atoms. The quantitative estimate of drug-likeness (QED) is 0.696. The molecule has 1 atom stereocenters. The van der Waals surface area contributed by atoms with Gasteiger partial charge in [-0.3, -0.25) is 9.69 Å². The second kappa shape index (κ2) is 10.1. The number of nitrogens with one attached hydrogen (secondary N) is 1. The minimum atomic E-state index is -3.58. The number of hydrogen-bond acceptors (Lipinski definition) is 4. The Morgan fingerprint density at radius 2 is 1.72 bits per heavy atom. The second-order valence-corrected chi connectivity index (χ2v) is 11.0. The number of carbonyl (C=O) groups is 1. The molecular formula is C25H33N3O3S. The Bertz CT molecular complexity index is 1030. The topological polar surface area (TPSA) is 69.7 Å². The summed E-state index contributed by atoms with van der Waals surface area (Å²) in [6.45, 7) is 6.36. The minimum absolute atomic E-state index is 0.0706. The lowest BCUT2D eigenvalue weighted by molar-refractivity contribution is -0.126. The van der Waals surface area contributed by atoms with Crippen molar-refractivity contribution in [3.05, 3.63) is 65.2 Å². The van der Waals surface area contributed by atoms with Gasteiger partial charge in [0.15, 0.2) is 0 Å². The van der Waals surface area contributed by atoms with Crippen LogP contribution < -0.4 is 5.32 Å². The van der Waals surface area contributed by atoms with Crippen molar-refractivity contribution in [3.63, 3.8) is 0 Å². The van der Waals surface area contributed by atoms with Crippen LogP contribution in [0.3, 0.4) is 0 Å². The molecule has 2 aromatic rings. The van der Waals surface area contributed by atoms with E-state index in [2.05, 4.69) is 22.3 Å². The number of benzene rings is 2. The number of hydrogen-bond donors (Lipinski definition) is 1. The molecule has 4 rings (SSSR count). The van der Waals surface area contributed by atoms with Crippen LogP contribution in [0.1, 0.15) is 42.4 Å². The van der Waals surface area contributed by atoms with E-state index in [1.807, 2.05) is 19.1 Å². The van der Waals surface area contributed by atoms with Gasteiger partial charge >= 0.3 is 0 Å². The van der Waals surface area contributed by atoms with E-state index in [1.165, 1.54) is 22.7 Å². The molecule has 7 heteroatoms. The molecule has 0 radical (unpaired) electrons. The van der Waals surface area contributed by atoms with Gasteiger partial charge in [-0.2, -0.15) is 4.31 Å². The Kier molecular flexibility index (Phi) is 7.28. The first-order chi connectivity index (χ1) is 15.4. The highest BCUT2D eigenvalue weighted by Crippen LogP contribution is 2.24. The molecule has 0 aromatic heterocycles. The van der Waals surface area contributed by atoms with Crippen molar-refractivity contribution in [3.8, 4) is 0 Å². The molecule has 172 valence electrons. The van der Waals surface area contributed by atoms with Gasteiger partial charge in [0.25, 0.3) is 0 Å². The van der Waals surface area contributed by atoms with Crippen molar-refractivity contribution in [1.82, 2.24) is 14.5 Å². The summed E-state index contributed by atoms with van der Waals surface area (Å²) in [5, 5.41) is 3.03. The number of aryl methyl sites for hydroxylation is 1. The first-order valence-electron chi connectivity index (χ1n) is 11.6. The predicted octanol–water partition coefficient (Wildman–Crippen LogP) is 3.31. The maximum atomic E-state index is 13.0. The smallest absolute Gasteiger partial charge is 0.243 e. The van der Waals surface area contributed by atoms with E-state index in [4.69, 9.17) is 0 Å². The van der Waals surface area contributed by atoms with Crippen molar-refractivity contribution in [1.29, 1.82) is 0 Å². The molecule has 2 fully saturated rings. The van der Waals surface area contributed by atoms with Crippen LogP contribution >= 0.6 is 0 Å². The zero-order valence-corrected chi connectivity index (χ0v) is 19.6. The Morgan fingerprint density at radius 1 is 1.00 bits per heavy atom. The van der Waals surface area contributed by atoms with E-state index >= 15 is 0 Å². The summed E-state index contributed by atoms with van der Waals surface area (Å²) in [5.74, 6) is -0.393. The molecule has 1 unspecified atom stereocenters. The number of piperidine rings is 1. The van der Waals surface area contributed by atoms with Crippen molar-refractivity contribution in [2.75, 3.05) is 26.2 Å². The van der Waals surface area contributed by atoms with E-state index in [-0.39, 0.29) is 18.4 Å². The molecule has 2 aliphatic rings. The third kappa shape index (κ3) is 5.57. The van der Waals surface area contributed by atoms with Gasteiger partial charge in [-0.25, -0.2) is 8.42 Å². The number of rotatable bonds is 7. The van der Waals surface area contributed by atoms with E-state index < -0.39 is 10.0 Å². The van der Waals surface area contributed by atoms with Crippen molar-refractivity contribution in [2.45, 2.75) is 50.6 Å². The van der Waals surface area contributed by atoms with Crippen LogP contribution in [0.25, 0.3) is 0 Å². The Hall–Kier alpha value is -2.22. The maximum absolute atomic E-state index is 13.0. The lowest BCUT2D eigenvalue weighted by Crippen LogP contribution is -2.45. The first kappa shape index (κ1) is 23.0. The fourth-order valence-corrected chi connectivity index (χ4v) is 6.13. The van der Waals surface area contributed by atoms with Crippen LogP contribution in [-0.2, 0) is 27.9 Å². The zero-order chi connectivity index (χ0) is 22.6. The van der Waals surface area contributed by atoms with Gasteiger partial charge in [0.2, 0.25) is 15.9 Å². The summed E-state index contributed by atoms with van der Waals surface area (Å²) in [6.07, 6.45) is 3.94. The van der Waals surface area contributed by atoms with Gasteiger partial charge in [0.1, 0.15) is 0 Å². The molecule has 2 saturated heterocycles. The van der Waals surface area contributed by atoms with Crippen molar-refractivity contribution >= 4 is 15.9 Å². The molecular weight excluding hydrogens is 422 g/mol. The lowest BCUT2D eigenvalue weighted by Gasteiger charge is -2.31. The monoisotopic (exact) mass is 455 g/mol. The molecule has 0 spiro atoms. The van der Waals surface area contributed by atoms with E-state index in [0.717, 1.165) is 30.8 Å².